The van der Waals surface area contributed by atoms with E-state index in [9.17, 15) is 4.79 Å². The van der Waals surface area contributed by atoms with Crippen molar-refractivity contribution < 1.29 is 4.79 Å². The molecule has 0 aliphatic rings. The number of halogens is 1. The van der Waals surface area contributed by atoms with E-state index in [0.717, 1.165) is 5.02 Å². The van der Waals surface area contributed by atoms with Crippen molar-refractivity contribution in [1.82, 2.24) is 10.2 Å². The van der Waals surface area contributed by atoms with E-state index in [2.05, 4.69) is 12.2 Å². The molecule has 0 bridgehead atoms. The molecule has 0 saturated carbocycles. The standard InChI is InChI=1S/C13H19ClN2O/c1-10(11-4-6-12(14)7-5-11)15-9-8-13(17)16(2)3/h4-7,10,15H,8-9H2,1-3H3/t10-/m1/s1. The van der Waals surface area contributed by atoms with Gasteiger partial charge in [0.05, 0.1) is 0 Å². The summed E-state index contributed by atoms with van der Waals surface area (Å²) in [5, 5.41) is 4.05. The van der Waals surface area contributed by atoms with Crippen LogP contribution in [0.2, 0.25) is 5.02 Å². The van der Waals surface area contributed by atoms with Crippen LogP contribution in [-0.4, -0.2) is 31.4 Å². The van der Waals surface area contributed by atoms with E-state index in [-0.39, 0.29) is 11.9 Å². The van der Waals surface area contributed by atoms with Crippen molar-refractivity contribution in [2.75, 3.05) is 20.6 Å². The van der Waals surface area contributed by atoms with Gasteiger partial charge in [0, 0.05) is 38.1 Å². The number of nitrogens with zero attached hydrogens (tertiary/aromatic N) is 1. The normalized spacial score (nSPS) is 12.2. The Hall–Kier alpha value is -1.06. The Bertz CT molecular complexity index is 362. The van der Waals surface area contributed by atoms with E-state index >= 15 is 0 Å². The van der Waals surface area contributed by atoms with Crippen LogP contribution >= 0.6 is 11.6 Å². The van der Waals surface area contributed by atoms with Crippen molar-refractivity contribution in [2.45, 2.75) is 19.4 Å². The fraction of sp³-hybridized carbons (Fsp3) is 0.462. The lowest BCUT2D eigenvalue weighted by molar-refractivity contribution is -0.128. The third-order valence-corrected chi connectivity index (χ3v) is 2.91. The van der Waals surface area contributed by atoms with Crippen LogP contribution in [0, 0.1) is 0 Å². The average molecular weight is 255 g/mol. The molecule has 0 aliphatic carbocycles. The molecule has 1 aromatic carbocycles. The number of carbonyl (C=O) groups is 1. The van der Waals surface area contributed by atoms with E-state index in [0.29, 0.717) is 13.0 Å². The molecule has 1 rings (SSSR count). The zero-order chi connectivity index (χ0) is 12.8. The van der Waals surface area contributed by atoms with Gasteiger partial charge in [0.2, 0.25) is 5.91 Å². The number of nitrogens with one attached hydrogen (secondary N) is 1. The summed E-state index contributed by atoms with van der Waals surface area (Å²) >= 11 is 5.83. The van der Waals surface area contributed by atoms with Gasteiger partial charge in [0.25, 0.3) is 0 Å². The Morgan fingerprint density at radius 2 is 1.94 bits per heavy atom. The van der Waals surface area contributed by atoms with Gasteiger partial charge >= 0.3 is 0 Å². The first kappa shape index (κ1) is 14.0. The molecule has 0 unspecified atom stereocenters. The monoisotopic (exact) mass is 254 g/mol. The van der Waals surface area contributed by atoms with Crippen LogP contribution in [0.4, 0.5) is 0 Å². The van der Waals surface area contributed by atoms with Gasteiger partial charge in [-0.3, -0.25) is 4.79 Å². The summed E-state index contributed by atoms with van der Waals surface area (Å²) in [6, 6.07) is 7.96. The summed E-state index contributed by atoms with van der Waals surface area (Å²) in [5.41, 5.74) is 1.17. The van der Waals surface area contributed by atoms with Gasteiger partial charge < -0.3 is 10.2 Å². The molecule has 0 aliphatic heterocycles. The first-order chi connectivity index (χ1) is 8.00. The molecule has 0 heterocycles. The predicted octanol–water partition coefficient (Wildman–Crippen LogP) is 2.47. The summed E-state index contributed by atoms with van der Waals surface area (Å²) in [6.07, 6.45) is 0.519. The SMILES string of the molecule is C[C@@H](NCCC(=O)N(C)C)c1ccc(Cl)cc1. The molecule has 4 heteroatoms. The Kier molecular flexibility index (Phi) is 5.45. The van der Waals surface area contributed by atoms with Crippen molar-refractivity contribution in [2.24, 2.45) is 0 Å². The van der Waals surface area contributed by atoms with Gasteiger partial charge in [-0.2, -0.15) is 0 Å². The number of carbonyl (C=O) groups excluding carboxylic acids is 1. The molecule has 94 valence electrons. The van der Waals surface area contributed by atoms with Gasteiger partial charge in [0.1, 0.15) is 0 Å². The maximum atomic E-state index is 11.4. The second kappa shape index (κ2) is 6.62. The molecule has 1 N–H and O–H groups in total. The summed E-state index contributed by atoms with van der Waals surface area (Å²) in [4.78, 5) is 13.0. The van der Waals surface area contributed by atoms with Crippen LogP contribution in [0.15, 0.2) is 24.3 Å². The Balaban J connectivity index is 2.37. The minimum atomic E-state index is 0.140. The lowest BCUT2D eigenvalue weighted by atomic mass is 10.1. The Morgan fingerprint density at radius 3 is 2.47 bits per heavy atom. The summed E-state index contributed by atoms with van der Waals surface area (Å²) < 4.78 is 0. The summed E-state index contributed by atoms with van der Waals surface area (Å²) in [5.74, 6) is 0.140. The molecule has 0 spiro atoms. The number of rotatable bonds is 5. The van der Waals surface area contributed by atoms with Crippen molar-refractivity contribution in [1.29, 1.82) is 0 Å². The molecule has 1 amide bonds. The van der Waals surface area contributed by atoms with E-state index in [4.69, 9.17) is 11.6 Å². The van der Waals surface area contributed by atoms with Gasteiger partial charge in [-0.1, -0.05) is 23.7 Å². The maximum absolute atomic E-state index is 11.4. The van der Waals surface area contributed by atoms with Crippen LogP contribution in [-0.2, 0) is 4.79 Å². The maximum Gasteiger partial charge on any atom is 0.223 e. The lowest BCUT2D eigenvalue weighted by Crippen LogP contribution is -2.28. The molecule has 0 saturated heterocycles. The topological polar surface area (TPSA) is 32.3 Å². The molecule has 0 radical (unpaired) electrons. The minimum Gasteiger partial charge on any atom is -0.349 e. The van der Waals surface area contributed by atoms with E-state index in [1.165, 1.54) is 5.56 Å². The van der Waals surface area contributed by atoms with E-state index < -0.39 is 0 Å². The number of hydrogen-bond acceptors (Lipinski definition) is 2. The van der Waals surface area contributed by atoms with Crippen molar-refractivity contribution in [3.63, 3.8) is 0 Å². The third-order valence-electron chi connectivity index (χ3n) is 2.66. The van der Waals surface area contributed by atoms with Crippen LogP contribution in [0.3, 0.4) is 0 Å². The Labute approximate surface area is 108 Å². The molecular formula is C13H19ClN2O. The highest BCUT2D eigenvalue weighted by atomic mass is 35.5. The highest BCUT2D eigenvalue weighted by molar-refractivity contribution is 6.30. The largest absolute Gasteiger partial charge is 0.349 e. The number of benzene rings is 1. The highest BCUT2D eigenvalue weighted by Crippen LogP contribution is 2.15. The van der Waals surface area contributed by atoms with Crippen molar-refractivity contribution in [3.05, 3.63) is 34.9 Å². The smallest absolute Gasteiger partial charge is 0.223 e. The van der Waals surface area contributed by atoms with Crippen LogP contribution in [0.1, 0.15) is 24.9 Å². The quantitative estimate of drug-likeness (QED) is 0.876. The van der Waals surface area contributed by atoms with Gasteiger partial charge in [0.15, 0.2) is 0 Å². The number of amides is 1. The zero-order valence-electron chi connectivity index (χ0n) is 10.5. The molecule has 1 aromatic rings. The molecule has 3 nitrogen and oxygen atoms in total. The molecule has 1 atom stereocenters. The second-order valence-electron chi connectivity index (χ2n) is 4.27. The second-order valence-corrected chi connectivity index (χ2v) is 4.70. The fourth-order valence-electron chi connectivity index (χ4n) is 1.49. The van der Waals surface area contributed by atoms with Gasteiger partial charge in [-0.05, 0) is 24.6 Å². The fourth-order valence-corrected chi connectivity index (χ4v) is 1.61. The van der Waals surface area contributed by atoms with E-state index in [1.54, 1.807) is 19.0 Å². The first-order valence-corrected chi connectivity index (χ1v) is 6.07. The van der Waals surface area contributed by atoms with Gasteiger partial charge in [-0.15, -0.1) is 0 Å². The molecular weight excluding hydrogens is 236 g/mol. The molecule has 0 fully saturated rings. The molecule has 17 heavy (non-hydrogen) atoms. The van der Waals surface area contributed by atoms with Crippen LogP contribution in [0.5, 0.6) is 0 Å². The average Bonchev–Trinajstić information content (AvgIpc) is 2.29. The number of hydrogen-bond donors (Lipinski definition) is 1. The highest BCUT2D eigenvalue weighted by Gasteiger charge is 2.07. The van der Waals surface area contributed by atoms with Crippen LogP contribution < -0.4 is 5.32 Å². The van der Waals surface area contributed by atoms with Crippen molar-refractivity contribution >= 4 is 17.5 Å². The lowest BCUT2D eigenvalue weighted by Gasteiger charge is -2.15. The van der Waals surface area contributed by atoms with Crippen LogP contribution in [0.25, 0.3) is 0 Å². The Morgan fingerprint density at radius 1 is 1.35 bits per heavy atom. The zero-order valence-corrected chi connectivity index (χ0v) is 11.3. The van der Waals surface area contributed by atoms with E-state index in [1.807, 2.05) is 24.3 Å². The molecule has 0 aromatic heterocycles. The first-order valence-electron chi connectivity index (χ1n) is 5.69. The van der Waals surface area contributed by atoms with Crippen molar-refractivity contribution in [3.8, 4) is 0 Å². The summed E-state index contributed by atoms with van der Waals surface area (Å²) in [7, 11) is 3.54. The minimum absolute atomic E-state index is 0.140. The van der Waals surface area contributed by atoms with Gasteiger partial charge in [-0.25, -0.2) is 0 Å². The predicted molar refractivity (Wildman–Crippen MR) is 71.2 cm³/mol. The summed E-state index contributed by atoms with van der Waals surface area (Å²) in [6.45, 7) is 2.75. The third kappa shape index (κ3) is 4.75.